The summed E-state index contributed by atoms with van der Waals surface area (Å²) in [6.07, 6.45) is 1.81. The molecule has 0 aliphatic rings. The van der Waals surface area contributed by atoms with Gasteiger partial charge in [0, 0.05) is 48.7 Å². The zero-order valence-electron chi connectivity index (χ0n) is 18.9. The van der Waals surface area contributed by atoms with E-state index >= 15 is 0 Å². The number of nitrogens with zero attached hydrogens (tertiary/aromatic N) is 2. The van der Waals surface area contributed by atoms with Crippen molar-refractivity contribution in [1.82, 2.24) is 15.2 Å². The maximum Gasteiger partial charge on any atom is 0.117 e. The van der Waals surface area contributed by atoms with Gasteiger partial charge in [0.05, 0.1) is 5.52 Å². The number of benzene rings is 3. The first-order valence-electron chi connectivity index (χ1n) is 10.9. The van der Waals surface area contributed by atoms with Crippen LogP contribution in [-0.4, -0.2) is 42.2 Å². The van der Waals surface area contributed by atoms with Gasteiger partial charge in [-0.15, -0.1) is 0 Å². The quantitative estimate of drug-likeness (QED) is 0.333. The summed E-state index contributed by atoms with van der Waals surface area (Å²) in [5, 5.41) is 17.9. The van der Waals surface area contributed by atoms with Crippen LogP contribution in [0.1, 0.15) is 11.1 Å². The van der Waals surface area contributed by atoms with Gasteiger partial charge in [-0.2, -0.15) is 0 Å². The summed E-state index contributed by atoms with van der Waals surface area (Å²) in [7, 11) is 4.17. The first-order valence-corrected chi connectivity index (χ1v) is 10.9. The van der Waals surface area contributed by atoms with Gasteiger partial charge in [-0.3, -0.25) is 4.98 Å². The van der Waals surface area contributed by atoms with Crippen LogP contribution in [0, 0.1) is 6.92 Å². The lowest BCUT2D eigenvalue weighted by Gasteiger charge is -2.14. The van der Waals surface area contributed by atoms with E-state index in [9.17, 15) is 5.11 Å². The van der Waals surface area contributed by atoms with Crippen LogP contribution in [0.5, 0.6) is 5.75 Å². The maximum absolute atomic E-state index is 9.89. The Morgan fingerprint density at radius 1 is 0.906 bits per heavy atom. The fraction of sp³-hybridized carbons (Fsp3) is 0.222. The highest BCUT2D eigenvalue weighted by molar-refractivity contribution is 5.96. The molecule has 0 bridgehead atoms. The van der Waals surface area contributed by atoms with Gasteiger partial charge in [0.1, 0.15) is 5.75 Å². The largest absolute Gasteiger partial charge is 0.508 e. The van der Waals surface area contributed by atoms with Crippen molar-refractivity contribution in [2.75, 3.05) is 32.5 Å². The molecule has 0 aliphatic heterocycles. The number of pyridine rings is 1. The Balaban J connectivity index is 1.61. The van der Waals surface area contributed by atoms with Gasteiger partial charge in [-0.25, -0.2) is 0 Å². The average Bonchev–Trinajstić information content (AvgIpc) is 2.79. The zero-order chi connectivity index (χ0) is 22.5. The van der Waals surface area contributed by atoms with E-state index in [1.807, 2.05) is 25.3 Å². The molecule has 0 fully saturated rings. The Bertz CT molecular complexity index is 1220. The molecule has 0 radical (unpaired) electrons. The predicted molar refractivity (Wildman–Crippen MR) is 134 cm³/mol. The van der Waals surface area contributed by atoms with E-state index in [0.29, 0.717) is 0 Å². The second kappa shape index (κ2) is 9.81. The molecule has 0 atom stereocenters. The lowest BCUT2D eigenvalue weighted by Crippen LogP contribution is -2.26. The maximum atomic E-state index is 9.89. The minimum atomic E-state index is 0.244. The van der Waals surface area contributed by atoms with E-state index in [1.54, 1.807) is 12.1 Å². The predicted octanol–water partition coefficient (Wildman–Crippen LogP) is 5.31. The molecule has 0 saturated heterocycles. The van der Waals surface area contributed by atoms with Crippen molar-refractivity contribution in [2.45, 2.75) is 13.5 Å². The van der Waals surface area contributed by atoms with Crippen molar-refractivity contribution >= 4 is 22.3 Å². The van der Waals surface area contributed by atoms with Crippen molar-refractivity contribution in [3.8, 4) is 16.9 Å². The third kappa shape index (κ3) is 5.25. The monoisotopic (exact) mass is 426 g/mol. The van der Waals surface area contributed by atoms with E-state index in [-0.39, 0.29) is 5.75 Å². The molecular weight excluding hydrogens is 396 g/mol. The van der Waals surface area contributed by atoms with E-state index < -0.39 is 0 Å². The SMILES string of the molecule is Cc1ccc(O)cc1Nc1ccnc2ccc(-c3cccc(CNCCN(C)C)c3)cc12. The van der Waals surface area contributed by atoms with E-state index in [4.69, 9.17) is 0 Å². The first kappa shape index (κ1) is 21.8. The van der Waals surface area contributed by atoms with Gasteiger partial charge in [0.2, 0.25) is 0 Å². The highest BCUT2D eigenvalue weighted by Crippen LogP contribution is 2.32. The number of likely N-dealkylation sites (N-methyl/N-ethyl adjacent to an activating group) is 1. The molecule has 3 N–H and O–H groups in total. The highest BCUT2D eigenvalue weighted by atomic mass is 16.3. The average molecular weight is 427 g/mol. The van der Waals surface area contributed by atoms with E-state index in [0.717, 1.165) is 53.0 Å². The molecule has 5 nitrogen and oxygen atoms in total. The highest BCUT2D eigenvalue weighted by Gasteiger charge is 2.08. The second-order valence-electron chi connectivity index (χ2n) is 8.40. The fourth-order valence-corrected chi connectivity index (χ4v) is 3.72. The van der Waals surface area contributed by atoms with Crippen LogP contribution < -0.4 is 10.6 Å². The number of aromatic nitrogens is 1. The van der Waals surface area contributed by atoms with Crippen molar-refractivity contribution in [3.05, 3.63) is 84.1 Å². The molecule has 1 heterocycles. The molecule has 0 spiro atoms. The van der Waals surface area contributed by atoms with Gasteiger partial charge in [0.15, 0.2) is 0 Å². The summed E-state index contributed by atoms with van der Waals surface area (Å²) in [5.74, 6) is 0.244. The van der Waals surface area contributed by atoms with Crippen LogP contribution >= 0.6 is 0 Å². The summed E-state index contributed by atoms with van der Waals surface area (Å²) in [5.41, 5.74) is 7.44. The van der Waals surface area contributed by atoms with Gasteiger partial charge in [-0.1, -0.05) is 30.3 Å². The topological polar surface area (TPSA) is 60.4 Å². The summed E-state index contributed by atoms with van der Waals surface area (Å²) in [6.45, 7) is 4.85. The van der Waals surface area contributed by atoms with Crippen LogP contribution in [0.25, 0.3) is 22.0 Å². The summed E-state index contributed by atoms with van der Waals surface area (Å²) < 4.78 is 0. The van der Waals surface area contributed by atoms with Crippen molar-refractivity contribution in [3.63, 3.8) is 0 Å². The lowest BCUT2D eigenvalue weighted by molar-refractivity contribution is 0.400. The Morgan fingerprint density at radius 2 is 1.75 bits per heavy atom. The molecule has 0 amide bonds. The number of aromatic hydroxyl groups is 1. The number of hydrogen-bond donors (Lipinski definition) is 3. The molecule has 0 saturated carbocycles. The molecule has 32 heavy (non-hydrogen) atoms. The molecule has 164 valence electrons. The Kier molecular flexibility index (Phi) is 6.69. The summed E-state index contributed by atoms with van der Waals surface area (Å²) >= 11 is 0. The van der Waals surface area contributed by atoms with E-state index in [2.05, 4.69) is 77.1 Å². The molecular formula is C27H30N4O. The van der Waals surface area contributed by atoms with Gasteiger partial charge >= 0.3 is 0 Å². The third-order valence-electron chi connectivity index (χ3n) is 5.56. The standard InChI is InChI=1S/C27H30N4O/c1-19-7-9-23(32)17-27(19)30-26-11-12-29-25-10-8-22(16-24(25)26)21-6-4-5-20(15-21)18-28-13-14-31(2)3/h4-12,15-17,28,32H,13-14,18H2,1-3H3,(H,29,30). The van der Waals surface area contributed by atoms with Crippen LogP contribution in [0.3, 0.4) is 0 Å². The summed E-state index contributed by atoms with van der Waals surface area (Å²) in [4.78, 5) is 6.71. The Morgan fingerprint density at radius 3 is 2.59 bits per heavy atom. The zero-order valence-corrected chi connectivity index (χ0v) is 18.9. The molecule has 0 aliphatic carbocycles. The van der Waals surface area contributed by atoms with Crippen molar-refractivity contribution in [2.24, 2.45) is 0 Å². The molecule has 1 aromatic heterocycles. The number of nitrogens with one attached hydrogen (secondary N) is 2. The van der Waals surface area contributed by atoms with Gasteiger partial charge < -0.3 is 20.6 Å². The number of fused-ring (bicyclic) bond motifs is 1. The first-order chi connectivity index (χ1) is 15.5. The van der Waals surface area contributed by atoms with Crippen LogP contribution in [-0.2, 0) is 6.54 Å². The Hall–Kier alpha value is -3.41. The van der Waals surface area contributed by atoms with Crippen molar-refractivity contribution in [1.29, 1.82) is 0 Å². The smallest absolute Gasteiger partial charge is 0.117 e. The molecule has 4 aromatic rings. The number of aryl methyl sites for hydroxylation is 1. The second-order valence-corrected chi connectivity index (χ2v) is 8.40. The molecule has 4 rings (SSSR count). The number of hydrogen-bond acceptors (Lipinski definition) is 5. The normalized spacial score (nSPS) is 11.2. The molecule has 0 unspecified atom stereocenters. The minimum Gasteiger partial charge on any atom is -0.508 e. The lowest BCUT2D eigenvalue weighted by atomic mass is 10.0. The molecule has 3 aromatic carbocycles. The van der Waals surface area contributed by atoms with Crippen LogP contribution in [0.15, 0.2) is 72.9 Å². The van der Waals surface area contributed by atoms with E-state index in [1.165, 1.54) is 11.1 Å². The number of phenols is 1. The minimum absolute atomic E-state index is 0.244. The van der Waals surface area contributed by atoms with Crippen LogP contribution in [0.2, 0.25) is 0 Å². The van der Waals surface area contributed by atoms with Gasteiger partial charge in [0.25, 0.3) is 0 Å². The van der Waals surface area contributed by atoms with Gasteiger partial charge in [-0.05, 0) is 73.6 Å². The number of anilines is 2. The van der Waals surface area contributed by atoms with Crippen molar-refractivity contribution < 1.29 is 5.11 Å². The fourth-order valence-electron chi connectivity index (χ4n) is 3.72. The number of phenolic OH excluding ortho intramolecular Hbond substituents is 1. The third-order valence-corrected chi connectivity index (χ3v) is 5.56. The molecule has 5 heteroatoms. The van der Waals surface area contributed by atoms with Crippen LogP contribution in [0.4, 0.5) is 11.4 Å². The Labute approximate surface area is 189 Å². The summed E-state index contributed by atoms with van der Waals surface area (Å²) in [6, 6.07) is 22.4. The number of rotatable bonds is 8.